The van der Waals surface area contributed by atoms with E-state index in [1.54, 1.807) is 6.92 Å². The first-order valence-electron chi connectivity index (χ1n) is 6.98. The summed E-state index contributed by atoms with van der Waals surface area (Å²) in [7, 11) is -2.41. The zero-order valence-electron chi connectivity index (χ0n) is 13.0. The zero-order valence-corrected chi connectivity index (χ0v) is 15.3. The highest BCUT2D eigenvalue weighted by atomic mass is 35.5. The lowest BCUT2D eigenvalue weighted by molar-refractivity contribution is 0.0526. The van der Waals surface area contributed by atoms with Crippen LogP contribution in [0.25, 0.3) is 0 Å². The molecule has 0 saturated heterocycles. The van der Waals surface area contributed by atoms with Crippen LogP contribution in [-0.4, -0.2) is 28.0 Å². The van der Waals surface area contributed by atoms with Crippen LogP contribution in [0.2, 0.25) is 10.0 Å². The van der Waals surface area contributed by atoms with Crippen molar-refractivity contribution >= 4 is 44.9 Å². The molecule has 0 fully saturated rings. The molecule has 8 heteroatoms. The standard InChI is InChI=1S/C16H15Cl2NO4S/c1-3-23-16(20)14-10-12(6-9-15(14)18)19(2)24(21,22)13-7-4-11(17)5-8-13/h4-10H,3H2,1-2H3. The molecule has 2 aromatic rings. The van der Waals surface area contributed by atoms with Crippen LogP contribution in [0.3, 0.4) is 0 Å². The Kier molecular flexibility index (Phi) is 5.74. The molecule has 0 aliphatic carbocycles. The zero-order chi connectivity index (χ0) is 17.9. The molecule has 0 amide bonds. The maximum absolute atomic E-state index is 12.7. The van der Waals surface area contributed by atoms with Crippen molar-refractivity contribution in [2.75, 3.05) is 18.0 Å². The summed E-state index contributed by atoms with van der Waals surface area (Å²) >= 11 is 11.8. The lowest BCUT2D eigenvalue weighted by atomic mass is 10.2. The SMILES string of the molecule is CCOC(=O)c1cc(N(C)S(=O)(=O)c2ccc(Cl)cc2)ccc1Cl. The van der Waals surface area contributed by atoms with Crippen molar-refractivity contribution in [2.24, 2.45) is 0 Å². The first-order chi connectivity index (χ1) is 11.3. The molecule has 5 nitrogen and oxygen atoms in total. The highest BCUT2D eigenvalue weighted by Gasteiger charge is 2.23. The summed E-state index contributed by atoms with van der Waals surface area (Å²) in [5.74, 6) is -0.610. The van der Waals surface area contributed by atoms with Crippen LogP contribution < -0.4 is 4.31 Å². The average Bonchev–Trinajstić information content (AvgIpc) is 2.55. The van der Waals surface area contributed by atoms with E-state index in [4.69, 9.17) is 27.9 Å². The van der Waals surface area contributed by atoms with E-state index in [2.05, 4.69) is 0 Å². The number of nitrogens with zero attached hydrogens (tertiary/aromatic N) is 1. The predicted octanol–water partition coefficient (Wildman–Crippen LogP) is 4.00. The Bertz CT molecular complexity index is 851. The molecule has 0 aromatic heterocycles. The number of halogens is 2. The topological polar surface area (TPSA) is 63.7 Å². The molecule has 0 unspecified atom stereocenters. The molecule has 2 aromatic carbocycles. The van der Waals surface area contributed by atoms with Gasteiger partial charge in [-0.25, -0.2) is 13.2 Å². The Morgan fingerprint density at radius 3 is 2.33 bits per heavy atom. The van der Waals surface area contributed by atoms with Gasteiger partial charge in [0.2, 0.25) is 0 Å². The molecule has 0 atom stereocenters. The van der Waals surface area contributed by atoms with Crippen LogP contribution in [0.1, 0.15) is 17.3 Å². The third-order valence-corrected chi connectivity index (χ3v) is 5.66. The van der Waals surface area contributed by atoms with Crippen molar-refractivity contribution < 1.29 is 17.9 Å². The van der Waals surface area contributed by atoms with E-state index in [0.717, 1.165) is 4.31 Å². The lowest BCUT2D eigenvalue weighted by Crippen LogP contribution is -2.26. The average molecular weight is 388 g/mol. The Labute approximate surface area is 150 Å². The van der Waals surface area contributed by atoms with Crippen molar-refractivity contribution in [3.8, 4) is 0 Å². The molecule has 128 valence electrons. The molecule has 0 saturated carbocycles. The molecule has 0 aliphatic rings. The van der Waals surface area contributed by atoms with E-state index in [-0.39, 0.29) is 27.8 Å². The second kappa shape index (κ2) is 7.42. The number of rotatable bonds is 5. The molecule has 0 heterocycles. The Morgan fingerprint density at radius 2 is 1.75 bits per heavy atom. The number of anilines is 1. The number of carbonyl (C=O) groups excluding carboxylic acids is 1. The number of esters is 1. The van der Waals surface area contributed by atoms with Crippen LogP contribution in [0.15, 0.2) is 47.4 Å². The number of sulfonamides is 1. The number of hydrogen-bond donors (Lipinski definition) is 0. The molecule has 0 bridgehead atoms. The van der Waals surface area contributed by atoms with Gasteiger partial charge in [0.1, 0.15) is 0 Å². The van der Waals surface area contributed by atoms with Crippen LogP contribution in [0.4, 0.5) is 5.69 Å². The molecule has 0 aliphatic heterocycles. The van der Waals surface area contributed by atoms with Gasteiger partial charge in [0, 0.05) is 12.1 Å². The molecule has 0 radical (unpaired) electrons. The van der Waals surface area contributed by atoms with Gasteiger partial charge in [-0.1, -0.05) is 23.2 Å². The Morgan fingerprint density at radius 1 is 1.12 bits per heavy atom. The number of carbonyl (C=O) groups is 1. The summed E-state index contributed by atoms with van der Waals surface area (Å²) in [6, 6.07) is 10.2. The third-order valence-electron chi connectivity index (χ3n) is 3.28. The Hall–Kier alpha value is -1.76. The van der Waals surface area contributed by atoms with Crippen molar-refractivity contribution in [3.05, 3.63) is 58.1 Å². The van der Waals surface area contributed by atoms with Gasteiger partial charge in [0.05, 0.1) is 27.8 Å². The van der Waals surface area contributed by atoms with Crippen LogP contribution >= 0.6 is 23.2 Å². The van der Waals surface area contributed by atoms with E-state index in [9.17, 15) is 13.2 Å². The fraction of sp³-hybridized carbons (Fsp3) is 0.188. The molecule has 0 spiro atoms. The van der Waals surface area contributed by atoms with E-state index < -0.39 is 16.0 Å². The highest BCUT2D eigenvalue weighted by Crippen LogP contribution is 2.27. The quantitative estimate of drug-likeness (QED) is 0.727. The maximum Gasteiger partial charge on any atom is 0.339 e. The second-order valence-electron chi connectivity index (χ2n) is 4.81. The monoisotopic (exact) mass is 387 g/mol. The summed E-state index contributed by atoms with van der Waals surface area (Å²) in [6.45, 7) is 1.87. The van der Waals surface area contributed by atoms with Gasteiger partial charge in [-0.3, -0.25) is 4.31 Å². The van der Waals surface area contributed by atoms with Gasteiger partial charge >= 0.3 is 5.97 Å². The maximum atomic E-state index is 12.7. The first-order valence-corrected chi connectivity index (χ1v) is 9.18. The summed E-state index contributed by atoms with van der Waals surface area (Å²) in [6.07, 6.45) is 0. The minimum absolute atomic E-state index is 0.0852. The minimum atomic E-state index is -3.80. The minimum Gasteiger partial charge on any atom is -0.462 e. The van der Waals surface area contributed by atoms with Gasteiger partial charge in [0.25, 0.3) is 10.0 Å². The lowest BCUT2D eigenvalue weighted by Gasteiger charge is -2.20. The van der Waals surface area contributed by atoms with Crippen molar-refractivity contribution in [3.63, 3.8) is 0 Å². The summed E-state index contributed by atoms with van der Waals surface area (Å²) in [4.78, 5) is 12.0. The number of hydrogen-bond acceptors (Lipinski definition) is 4. The molecule has 0 N–H and O–H groups in total. The third kappa shape index (κ3) is 3.83. The van der Waals surface area contributed by atoms with Gasteiger partial charge < -0.3 is 4.74 Å². The molecular formula is C16H15Cl2NO4S. The Balaban J connectivity index is 2.42. The van der Waals surface area contributed by atoms with E-state index >= 15 is 0 Å². The first kappa shape index (κ1) is 18.6. The van der Waals surface area contributed by atoms with E-state index in [1.807, 2.05) is 0 Å². The molecular weight excluding hydrogens is 373 g/mol. The fourth-order valence-corrected chi connectivity index (χ4v) is 3.49. The van der Waals surface area contributed by atoms with Crippen molar-refractivity contribution in [1.82, 2.24) is 0 Å². The van der Waals surface area contributed by atoms with Crippen LogP contribution in [0, 0.1) is 0 Å². The van der Waals surface area contributed by atoms with Crippen molar-refractivity contribution in [1.29, 1.82) is 0 Å². The van der Waals surface area contributed by atoms with E-state index in [1.165, 1.54) is 49.5 Å². The van der Waals surface area contributed by atoms with Crippen LogP contribution in [0.5, 0.6) is 0 Å². The fourth-order valence-electron chi connectivity index (χ4n) is 1.98. The summed E-state index contributed by atoms with van der Waals surface area (Å²) in [5.41, 5.74) is 0.395. The molecule has 24 heavy (non-hydrogen) atoms. The number of ether oxygens (including phenoxy) is 1. The van der Waals surface area contributed by atoms with E-state index in [0.29, 0.717) is 5.02 Å². The second-order valence-corrected chi connectivity index (χ2v) is 7.62. The van der Waals surface area contributed by atoms with Crippen molar-refractivity contribution in [2.45, 2.75) is 11.8 Å². The summed E-state index contributed by atoms with van der Waals surface area (Å²) < 4.78 is 31.3. The van der Waals surface area contributed by atoms with Gasteiger partial charge in [0.15, 0.2) is 0 Å². The highest BCUT2D eigenvalue weighted by molar-refractivity contribution is 7.92. The predicted molar refractivity (Wildman–Crippen MR) is 94.4 cm³/mol. The van der Waals surface area contributed by atoms with Gasteiger partial charge in [-0.2, -0.15) is 0 Å². The smallest absolute Gasteiger partial charge is 0.339 e. The largest absolute Gasteiger partial charge is 0.462 e. The van der Waals surface area contributed by atoms with Gasteiger partial charge in [-0.15, -0.1) is 0 Å². The number of benzene rings is 2. The molecule has 2 rings (SSSR count). The normalized spacial score (nSPS) is 11.2. The van der Waals surface area contributed by atoms with Crippen LogP contribution in [-0.2, 0) is 14.8 Å². The summed E-state index contributed by atoms with van der Waals surface area (Å²) in [5, 5.41) is 0.627. The van der Waals surface area contributed by atoms with Gasteiger partial charge in [-0.05, 0) is 49.4 Å².